The van der Waals surface area contributed by atoms with Gasteiger partial charge in [0.2, 0.25) is 0 Å². The molecular weight excluding hydrogens is 619 g/mol. The molecule has 0 unspecified atom stereocenters. The van der Waals surface area contributed by atoms with Crippen LogP contribution in [0.1, 0.15) is 45.4 Å². The molecule has 9 heteroatoms. The molecule has 0 N–H and O–H groups in total. The van der Waals surface area contributed by atoms with Gasteiger partial charge in [0.05, 0.1) is 0 Å². The van der Waals surface area contributed by atoms with Gasteiger partial charge in [-0.3, -0.25) is 0 Å². The first-order chi connectivity index (χ1) is 13.4. The van der Waals surface area contributed by atoms with E-state index < -0.39 is 39.7 Å². The first kappa shape index (κ1) is 26.6. The van der Waals surface area contributed by atoms with Crippen molar-refractivity contribution in [3.8, 4) is 0 Å². The van der Waals surface area contributed by atoms with Crippen LogP contribution in [-0.4, -0.2) is 26.1 Å². The normalized spacial score (nSPS) is 14.2. The Morgan fingerprint density at radius 3 is 1.45 bits per heavy atom. The molecule has 0 amide bonds. The summed E-state index contributed by atoms with van der Waals surface area (Å²) in [6, 6.07) is 21.5. The maximum atomic E-state index is 9.93. The van der Waals surface area contributed by atoms with Gasteiger partial charge >= 0.3 is 180 Å². The molecule has 0 aromatic heterocycles. The first-order valence-corrected chi connectivity index (χ1v) is 18.2. The van der Waals surface area contributed by atoms with Crippen LogP contribution in [0.15, 0.2) is 60.7 Å². The fraction of sp³-hybridized carbons (Fsp3) is 0.400. The molecule has 29 heavy (non-hydrogen) atoms. The standard InChI is InChI=1S/C20H27IO.6FH.Sb/c1-2-3-4-5-6-13-18-22-21(19-14-9-7-10-15-19)20-16-11-8-12-17-20;;;;;;;/h7-12,14-17H,2-6,13,18H2,1H3;6*1H;/q;;;;;;;+5/p-6. The number of rotatable bonds is 10. The van der Waals surface area contributed by atoms with Crippen molar-refractivity contribution in [1.82, 2.24) is 0 Å². The Hall–Kier alpha value is -0.472. The summed E-state index contributed by atoms with van der Waals surface area (Å²) in [6.45, 7) is 3.17. The van der Waals surface area contributed by atoms with Gasteiger partial charge in [-0.2, -0.15) is 0 Å². The second kappa shape index (κ2) is 11.2. The molecule has 168 valence electrons. The third-order valence-electron chi connectivity index (χ3n) is 3.55. The van der Waals surface area contributed by atoms with Gasteiger partial charge in [0.1, 0.15) is 0 Å². The van der Waals surface area contributed by atoms with E-state index in [9.17, 15) is 16.9 Å². The van der Waals surface area contributed by atoms with E-state index in [1.165, 1.54) is 45.7 Å². The molecule has 0 heterocycles. The van der Waals surface area contributed by atoms with Crippen molar-refractivity contribution in [1.29, 1.82) is 0 Å². The number of hydrogen-bond donors (Lipinski definition) is 0. The predicted molar refractivity (Wildman–Crippen MR) is 116 cm³/mol. The van der Waals surface area contributed by atoms with E-state index in [0.717, 1.165) is 6.61 Å². The number of benzene rings is 2. The van der Waals surface area contributed by atoms with Crippen molar-refractivity contribution < 1.29 is 19.9 Å². The predicted octanol–water partition coefficient (Wildman–Crippen LogP) is 8.66. The summed E-state index contributed by atoms with van der Waals surface area (Å²) in [5.74, 6) is 0. The Morgan fingerprint density at radius 1 is 0.655 bits per heavy atom. The summed E-state index contributed by atoms with van der Waals surface area (Å²) in [5.41, 5.74) is 0. The Labute approximate surface area is 178 Å². The molecule has 1 nitrogen and oxygen atoms in total. The second-order valence-electron chi connectivity index (χ2n) is 6.38. The molecule has 0 saturated carbocycles. The van der Waals surface area contributed by atoms with Crippen LogP contribution in [0, 0.1) is 7.14 Å². The van der Waals surface area contributed by atoms with Gasteiger partial charge in [0, 0.05) is 0 Å². The van der Waals surface area contributed by atoms with Crippen molar-refractivity contribution >= 4 is 39.7 Å². The number of hydrogen-bond acceptors (Lipinski definition) is 1. The summed E-state index contributed by atoms with van der Waals surface area (Å²) < 4.78 is 68.7. The van der Waals surface area contributed by atoms with Gasteiger partial charge < -0.3 is 0 Å². The minimum absolute atomic E-state index is 0.904. The van der Waals surface area contributed by atoms with E-state index in [4.69, 9.17) is 3.07 Å². The van der Waals surface area contributed by atoms with Crippen molar-refractivity contribution in [3.05, 3.63) is 67.8 Å². The van der Waals surface area contributed by atoms with E-state index in [2.05, 4.69) is 67.6 Å². The van der Waals surface area contributed by atoms with Crippen molar-refractivity contribution in [2.75, 3.05) is 6.61 Å². The Bertz CT molecular complexity index is 644. The second-order valence-corrected chi connectivity index (χ2v) is 16.4. The fourth-order valence-corrected chi connectivity index (χ4v) is 6.65. The molecule has 0 bridgehead atoms. The third kappa shape index (κ3) is 17.0. The van der Waals surface area contributed by atoms with Crippen molar-refractivity contribution in [3.63, 3.8) is 0 Å². The molecule has 0 atom stereocenters. The van der Waals surface area contributed by atoms with Crippen LogP contribution in [0.3, 0.4) is 0 Å². The quantitative estimate of drug-likeness (QED) is 0.109. The molecule has 0 radical (unpaired) electrons. The van der Waals surface area contributed by atoms with Crippen molar-refractivity contribution in [2.24, 2.45) is 0 Å². The number of halogens is 7. The summed E-state index contributed by atoms with van der Waals surface area (Å²) in [4.78, 5) is 0. The van der Waals surface area contributed by atoms with Gasteiger partial charge in [-0.15, -0.1) is 0 Å². The monoisotopic (exact) mass is 645 g/mol. The van der Waals surface area contributed by atoms with Crippen LogP contribution < -0.4 is 0 Å². The molecule has 0 spiro atoms. The average molecular weight is 646 g/mol. The zero-order chi connectivity index (χ0) is 21.9. The van der Waals surface area contributed by atoms with Crippen LogP contribution in [0.5, 0.6) is 0 Å². The molecule has 2 aromatic carbocycles. The van der Waals surface area contributed by atoms with E-state index in [0.29, 0.717) is 0 Å². The Kier molecular flexibility index (Phi) is 10.3. The molecule has 2 aromatic rings. The fourth-order valence-electron chi connectivity index (χ4n) is 2.32. The van der Waals surface area contributed by atoms with Gasteiger partial charge in [0.25, 0.3) is 0 Å². The van der Waals surface area contributed by atoms with Crippen LogP contribution in [-0.2, 0) is 3.07 Å². The van der Waals surface area contributed by atoms with Gasteiger partial charge in [-0.1, -0.05) is 0 Å². The van der Waals surface area contributed by atoms with Crippen LogP contribution >= 0.6 is 20.2 Å². The van der Waals surface area contributed by atoms with Crippen LogP contribution in [0.4, 0.5) is 16.9 Å². The van der Waals surface area contributed by atoms with E-state index in [1.807, 2.05) is 0 Å². The summed E-state index contributed by atoms with van der Waals surface area (Å²) in [6.07, 6.45) is 7.89. The van der Waals surface area contributed by atoms with Gasteiger partial charge in [-0.25, -0.2) is 0 Å². The van der Waals surface area contributed by atoms with E-state index in [-0.39, 0.29) is 0 Å². The number of unbranched alkanes of at least 4 members (excludes halogenated alkanes) is 5. The van der Waals surface area contributed by atoms with E-state index >= 15 is 0 Å². The summed E-state index contributed by atoms with van der Waals surface area (Å²) >= 11 is -13.0. The molecule has 0 aliphatic rings. The molecule has 0 aliphatic heterocycles. The minimum atomic E-state index is -11.2. The third-order valence-corrected chi connectivity index (χ3v) is 8.31. The molecule has 0 fully saturated rings. The van der Waals surface area contributed by atoms with E-state index in [1.54, 1.807) is 0 Å². The summed E-state index contributed by atoms with van der Waals surface area (Å²) in [7, 11) is 0. The zero-order valence-corrected chi connectivity index (χ0v) is 20.9. The molecular formula is C20H27F6IOSb-. The maximum absolute atomic E-state index is 11.2. The van der Waals surface area contributed by atoms with Crippen LogP contribution in [0.25, 0.3) is 0 Å². The zero-order valence-electron chi connectivity index (χ0n) is 16.2. The first-order valence-electron chi connectivity index (χ1n) is 9.36. The van der Waals surface area contributed by atoms with Gasteiger partial charge in [0.15, 0.2) is 0 Å². The van der Waals surface area contributed by atoms with Crippen LogP contribution in [0.2, 0.25) is 0 Å². The Morgan fingerprint density at radius 2 is 1.03 bits per heavy atom. The SMILES string of the molecule is CCCCCCCCOI(c1ccccc1)c1ccccc1.[F][Sb-]([F])([F])([F])([F])[F]. The van der Waals surface area contributed by atoms with Gasteiger partial charge in [-0.05, 0) is 0 Å². The molecule has 2 rings (SSSR count). The van der Waals surface area contributed by atoms with Crippen molar-refractivity contribution in [2.45, 2.75) is 45.4 Å². The Balaban J connectivity index is 0.000000516. The molecule has 0 saturated heterocycles. The topological polar surface area (TPSA) is 9.23 Å². The summed E-state index contributed by atoms with van der Waals surface area (Å²) in [5, 5.41) is 0. The average Bonchev–Trinajstić information content (AvgIpc) is 2.63. The molecule has 0 aliphatic carbocycles.